The monoisotopic (exact) mass is 184 g/mol. The van der Waals surface area contributed by atoms with Crippen molar-refractivity contribution in [3.8, 4) is 34.9 Å². The van der Waals surface area contributed by atoms with Gasteiger partial charge < -0.3 is 5.11 Å². The van der Waals surface area contributed by atoms with Crippen LogP contribution in [0.4, 0.5) is 0 Å². The average Bonchev–Trinajstić information content (AvgIpc) is 1.96. The molecule has 0 saturated carbocycles. The van der Waals surface area contributed by atoms with Crippen LogP contribution in [0.5, 0.6) is 0 Å². The Kier molecular flexibility index (Phi) is 6.14. The van der Waals surface area contributed by atoms with E-state index in [9.17, 15) is 4.79 Å². The lowest BCUT2D eigenvalue weighted by Crippen LogP contribution is -1.85. The molecule has 0 bridgehead atoms. The lowest BCUT2D eigenvalue weighted by Gasteiger charge is -1.63. The van der Waals surface area contributed by atoms with Gasteiger partial charge in [0.25, 0.3) is 0 Å². The van der Waals surface area contributed by atoms with E-state index in [1.54, 1.807) is 0 Å². The van der Waals surface area contributed by atoms with Crippen LogP contribution in [0.25, 0.3) is 0 Å². The minimum atomic E-state index is -1.21. The highest BCUT2D eigenvalue weighted by Crippen LogP contribution is 1.99. The number of aliphatic carboxylic acids is 1. The second-order valence-electron chi connectivity index (χ2n) is 1.11. The molecular weight excluding hydrogens is 184 g/mol. The van der Waals surface area contributed by atoms with Crippen molar-refractivity contribution >= 4 is 27.6 Å². The normalized spacial score (nSPS) is 5.55. The average molecular weight is 185 g/mol. The SMILES string of the molecule is O=C(O)C#CC#CC#CSCl. The van der Waals surface area contributed by atoms with Crippen LogP contribution in [0, 0.1) is 34.9 Å². The minimum absolute atomic E-state index is 0.810. The molecule has 0 saturated heterocycles. The smallest absolute Gasteiger partial charge is 0.382 e. The van der Waals surface area contributed by atoms with E-state index in [4.69, 9.17) is 15.8 Å². The van der Waals surface area contributed by atoms with Crippen molar-refractivity contribution in [2.75, 3.05) is 0 Å². The van der Waals surface area contributed by atoms with Crippen molar-refractivity contribution in [2.45, 2.75) is 0 Å². The van der Waals surface area contributed by atoms with E-state index < -0.39 is 5.97 Å². The van der Waals surface area contributed by atoms with Gasteiger partial charge in [0.05, 0.1) is 0 Å². The molecule has 0 amide bonds. The zero-order valence-electron chi connectivity index (χ0n) is 5.14. The number of carbonyl (C=O) groups is 1. The number of carboxylic acids is 1. The van der Waals surface area contributed by atoms with Crippen molar-refractivity contribution in [1.29, 1.82) is 0 Å². The van der Waals surface area contributed by atoms with Gasteiger partial charge in [-0.3, -0.25) is 0 Å². The second kappa shape index (κ2) is 6.90. The Labute approximate surface area is 72.8 Å². The fraction of sp³-hybridized carbons (Fsp3) is 0. The van der Waals surface area contributed by atoms with E-state index in [-0.39, 0.29) is 0 Å². The highest BCUT2D eigenvalue weighted by atomic mass is 35.7. The fourth-order valence-corrected chi connectivity index (χ4v) is 0.397. The van der Waals surface area contributed by atoms with Crippen LogP contribution < -0.4 is 0 Å². The van der Waals surface area contributed by atoms with Crippen molar-refractivity contribution in [2.24, 2.45) is 0 Å². The van der Waals surface area contributed by atoms with Crippen molar-refractivity contribution in [3.05, 3.63) is 0 Å². The Balaban J connectivity index is 3.94. The molecule has 0 heterocycles. The lowest BCUT2D eigenvalue weighted by atomic mass is 10.5. The molecule has 0 atom stereocenters. The zero-order chi connectivity index (χ0) is 8.53. The third-order valence-corrected chi connectivity index (χ3v) is 0.857. The Morgan fingerprint density at radius 2 is 1.91 bits per heavy atom. The molecule has 0 aliphatic carbocycles. The van der Waals surface area contributed by atoms with Crippen LogP contribution in [0.15, 0.2) is 0 Å². The minimum Gasteiger partial charge on any atom is -0.472 e. The highest BCUT2D eigenvalue weighted by molar-refractivity contribution is 8.24. The maximum absolute atomic E-state index is 9.79. The number of rotatable bonds is 0. The standard InChI is InChI=1S/C7HClO2S/c8-11-6-4-2-1-3-5-7(9)10/h(H,9,10). The summed E-state index contributed by atoms with van der Waals surface area (Å²) in [7, 11) is 5.92. The van der Waals surface area contributed by atoms with Crippen LogP contribution in [-0.4, -0.2) is 11.1 Å². The Morgan fingerprint density at radius 3 is 2.45 bits per heavy atom. The van der Waals surface area contributed by atoms with E-state index >= 15 is 0 Å². The van der Waals surface area contributed by atoms with Gasteiger partial charge in [0.15, 0.2) is 0 Å². The summed E-state index contributed by atoms with van der Waals surface area (Å²) >= 11 is 0. The zero-order valence-corrected chi connectivity index (χ0v) is 6.71. The van der Waals surface area contributed by atoms with E-state index in [0.29, 0.717) is 0 Å². The molecule has 2 nitrogen and oxygen atoms in total. The molecule has 0 aromatic rings. The van der Waals surface area contributed by atoms with Gasteiger partial charge in [-0.25, -0.2) is 4.79 Å². The first kappa shape index (κ1) is 9.79. The summed E-state index contributed by atoms with van der Waals surface area (Å²) in [5, 5.41) is 10.4. The second-order valence-corrected chi connectivity index (χ2v) is 1.93. The number of halogens is 1. The molecule has 0 spiro atoms. The van der Waals surface area contributed by atoms with Crippen molar-refractivity contribution in [1.82, 2.24) is 0 Å². The summed E-state index contributed by atoms with van der Waals surface area (Å²) in [6.45, 7) is 0. The number of carboxylic acid groups (broad SMARTS) is 1. The molecule has 4 heteroatoms. The summed E-state index contributed by atoms with van der Waals surface area (Å²) in [6.07, 6.45) is 0. The van der Waals surface area contributed by atoms with Gasteiger partial charge in [-0.05, 0) is 39.6 Å². The molecule has 11 heavy (non-hydrogen) atoms. The summed E-state index contributed by atoms with van der Waals surface area (Å²) in [5.41, 5.74) is 0. The molecule has 54 valence electrons. The summed E-state index contributed by atoms with van der Waals surface area (Å²) in [5.74, 6) is 9.51. The number of hydrogen-bond acceptors (Lipinski definition) is 2. The van der Waals surface area contributed by atoms with E-state index in [1.165, 1.54) is 0 Å². The molecule has 0 aliphatic rings. The third kappa shape index (κ3) is 8.79. The first-order valence-electron chi connectivity index (χ1n) is 2.29. The summed E-state index contributed by atoms with van der Waals surface area (Å²) < 4.78 is 0. The first-order valence-corrected chi connectivity index (χ1v) is 3.93. The largest absolute Gasteiger partial charge is 0.472 e. The predicted molar refractivity (Wildman–Crippen MR) is 44.4 cm³/mol. The molecular formula is C7HClO2S. The van der Waals surface area contributed by atoms with Gasteiger partial charge in [-0.2, -0.15) is 0 Å². The van der Waals surface area contributed by atoms with Crippen LogP contribution in [0.1, 0.15) is 0 Å². The molecule has 1 N–H and O–H groups in total. The van der Waals surface area contributed by atoms with E-state index in [0.717, 1.165) is 11.0 Å². The maximum Gasteiger partial charge on any atom is 0.382 e. The fourth-order valence-electron chi connectivity index (χ4n) is 0.192. The molecule has 0 rings (SSSR count). The summed E-state index contributed by atoms with van der Waals surface area (Å²) in [6, 6.07) is 0. The molecule has 0 aromatic heterocycles. The Morgan fingerprint density at radius 1 is 1.27 bits per heavy atom. The molecule has 0 unspecified atom stereocenters. The van der Waals surface area contributed by atoms with Gasteiger partial charge in [-0.1, -0.05) is 0 Å². The van der Waals surface area contributed by atoms with Crippen LogP contribution >= 0.6 is 21.7 Å². The van der Waals surface area contributed by atoms with Crippen molar-refractivity contribution in [3.63, 3.8) is 0 Å². The summed E-state index contributed by atoms with van der Waals surface area (Å²) in [4.78, 5) is 9.79. The molecule has 0 aliphatic heterocycles. The van der Waals surface area contributed by atoms with Crippen LogP contribution in [0.2, 0.25) is 0 Å². The quantitative estimate of drug-likeness (QED) is 0.569. The third-order valence-electron chi connectivity index (χ3n) is 0.447. The van der Waals surface area contributed by atoms with Gasteiger partial charge in [-0.15, -0.1) is 0 Å². The van der Waals surface area contributed by atoms with Crippen LogP contribution in [-0.2, 0) is 4.79 Å². The van der Waals surface area contributed by atoms with Gasteiger partial charge >= 0.3 is 5.97 Å². The van der Waals surface area contributed by atoms with Gasteiger partial charge in [0.2, 0.25) is 0 Å². The number of hydrogen-bond donors (Lipinski definition) is 1. The lowest BCUT2D eigenvalue weighted by molar-refractivity contribution is -0.130. The molecule has 0 radical (unpaired) electrons. The highest BCUT2D eigenvalue weighted by Gasteiger charge is 1.78. The topological polar surface area (TPSA) is 37.3 Å². The predicted octanol–water partition coefficient (Wildman–Crippen LogP) is 0.926. The Hall–Kier alpha value is -1.21. The molecule has 0 aromatic carbocycles. The van der Waals surface area contributed by atoms with E-state index in [2.05, 4.69) is 28.9 Å². The van der Waals surface area contributed by atoms with Crippen LogP contribution in [0.3, 0.4) is 0 Å². The Bertz CT molecular complexity index is 316. The van der Waals surface area contributed by atoms with E-state index in [1.807, 2.05) is 5.92 Å². The van der Waals surface area contributed by atoms with Gasteiger partial charge in [0, 0.05) is 16.9 Å². The van der Waals surface area contributed by atoms with Crippen molar-refractivity contribution < 1.29 is 9.90 Å². The first-order chi connectivity index (χ1) is 5.27. The van der Waals surface area contributed by atoms with Gasteiger partial charge in [0.1, 0.15) is 0 Å². The maximum atomic E-state index is 9.79. The molecule has 0 fully saturated rings.